The lowest BCUT2D eigenvalue weighted by atomic mass is 9.81. The van der Waals surface area contributed by atoms with E-state index in [9.17, 15) is 73.5 Å². The zero-order valence-electron chi connectivity index (χ0n) is 41.5. The second kappa shape index (κ2) is 30.9. The largest absolute Gasteiger partial charge is 0.481 e. The van der Waals surface area contributed by atoms with Crippen LogP contribution in [0, 0.1) is 11.8 Å². The predicted octanol–water partition coefficient (Wildman–Crippen LogP) is -0.378. The zero-order valence-corrected chi connectivity index (χ0v) is 41.5. The number of hydrogen-bond acceptors (Lipinski definition) is 14. The van der Waals surface area contributed by atoms with Crippen molar-refractivity contribution in [3.63, 3.8) is 0 Å². The molecule has 1 heterocycles. The molecule has 2 aliphatic rings. The normalized spacial score (nSPS) is 18.8. The highest BCUT2D eigenvalue weighted by Gasteiger charge is 2.31. The fourth-order valence-corrected chi connectivity index (χ4v) is 8.98. The van der Waals surface area contributed by atoms with Gasteiger partial charge < -0.3 is 57.2 Å². The van der Waals surface area contributed by atoms with E-state index in [0.717, 1.165) is 16.3 Å². The van der Waals surface area contributed by atoms with Gasteiger partial charge >= 0.3 is 41.8 Å². The second-order valence-electron chi connectivity index (χ2n) is 18.9. The third-order valence-electron chi connectivity index (χ3n) is 13.1. The maximum atomic E-state index is 13.8. The van der Waals surface area contributed by atoms with Gasteiger partial charge in [0.1, 0.15) is 18.1 Å². The Morgan fingerprint density at radius 1 is 0.527 bits per heavy atom. The van der Waals surface area contributed by atoms with Gasteiger partial charge in [0.05, 0.1) is 26.2 Å². The average molecular weight is 1040 g/mol. The summed E-state index contributed by atoms with van der Waals surface area (Å²) < 4.78 is 0. The van der Waals surface area contributed by atoms with Crippen LogP contribution in [0.1, 0.15) is 63.4 Å². The molecule has 25 nitrogen and oxygen atoms in total. The molecule has 0 radical (unpaired) electrons. The van der Waals surface area contributed by atoms with Crippen LogP contribution in [0.3, 0.4) is 0 Å². The van der Waals surface area contributed by atoms with E-state index in [4.69, 9.17) is 5.11 Å². The molecule has 3 atom stereocenters. The van der Waals surface area contributed by atoms with E-state index in [0.29, 0.717) is 45.3 Å². The number of benzene rings is 2. The number of nitrogens with zero attached hydrogens (tertiary/aromatic N) is 4. The van der Waals surface area contributed by atoms with Crippen LogP contribution in [0.2, 0.25) is 0 Å². The Kier molecular flexibility index (Phi) is 24.9. The van der Waals surface area contributed by atoms with Gasteiger partial charge in [-0.3, -0.25) is 53.2 Å². The van der Waals surface area contributed by atoms with Gasteiger partial charge in [-0.05, 0) is 73.6 Å². The molecule has 4 rings (SSSR count). The van der Waals surface area contributed by atoms with E-state index in [2.05, 4.69) is 26.6 Å². The SMILES string of the molecule is O=C(O)CC[C@H](NC(=O)N[C@@H](CCCCNC(=O)C(Cc1ccc2ccccc2c1)NC(=O)[C@H]1CC[C@H](CNC(=O)CN2CCN(CC(=O)O)CCN(CC(=O)O)CCN(CC(=O)O)CC2)CC1)C(=O)O)C(=O)O. The van der Waals surface area contributed by atoms with Gasteiger partial charge in [0, 0.05) is 84.2 Å². The number of carboxylic acid groups (broad SMARTS) is 6. The predicted molar refractivity (Wildman–Crippen MR) is 265 cm³/mol. The minimum Gasteiger partial charge on any atom is -0.481 e. The lowest BCUT2D eigenvalue weighted by Crippen LogP contribution is -2.51. The van der Waals surface area contributed by atoms with Crippen molar-refractivity contribution in [2.75, 3.05) is 91.6 Å². The summed E-state index contributed by atoms with van der Waals surface area (Å²) in [5.41, 5.74) is 0.803. The van der Waals surface area contributed by atoms with Crippen molar-refractivity contribution in [2.24, 2.45) is 11.8 Å². The monoisotopic (exact) mass is 1040 g/mol. The van der Waals surface area contributed by atoms with Crippen LogP contribution in [-0.4, -0.2) is 220 Å². The Hall–Kier alpha value is -6.96. The third-order valence-corrected chi connectivity index (χ3v) is 13.1. The summed E-state index contributed by atoms with van der Waals surface area (Å²) in [6, 6.07) is 8.44. The highest BCUT2D eigenvalue weighted by molar-refractivity contribution is 5.90. The van der Waals surface area contributed by atoms with Crippen LogP contribution in [0.5, 0.6) is 0 Å². The molecule has 0 spiro atoms. The lowest BCUT2D eigenvalue weighted by Gasteiger charge is -2.33. The number of urea groups is 1. The number of amides is 5. The maximum Gasteiger partial charge on any atom is 0.326 e. The van der Waals surface area contributed by atoms with E-state index in [1.54, 1.807) is 14.7 Å². The molecule has 2 aromatic rings. The van der Waals surface area contributed by atoms with E-state index in [1.165, 1.54) is 0 Å². The topological polar surface area (TPSA) is 365 Å². The molecule has 408 valence electrons. The lowest BCUT2D eigenvalue weighted by molar-refractivity contribution is -0.141. The first-order valence-electron chi connectivity index (χ1n) is 24.9. The number of carbonyl (C=O) groups is 10. The first-order valence-corrected chi connectivity index (χ1v) is 24.9. The number of carboxylic acids is 6. The van der Waals surface area contributed by atoms with E-state index < -0.39 is 84.6 Å². The van der Waals surface area contributed by atoms with Gasteiger partial charge in [-0.1, -0.05) is 42.5 Å². The molecule has 74 heavy (non-hydrogen) atoms. The second-order valence-corrected chi connectivity index (χ2v) is 18.9. The highest BCUT2D eigenvalue weighted by Crippen LogP contribution is 2.29. The molecule has 11 N–H and O–H groups in total. The molecule has 1 unspecified atom stereocenters. The number of hydrogen-bond donors (Lipinski definition) is 11. The third kappa shape index (κ3) is 22.4. The van der Waals surface area contributed by atoms with E-state index in [1.807, 2.05) is 47.4 Å². The molecule has 1 saturated carbocycles. The molecule has 5 amide bonds. The molecule has 1 saturated heterocycles. The number of rotatable bonds is 27. The smallest absolute Gasteiger partial charge is 0.326 e. The Morgan fingerprint density at radius 3 is 1.53 bits per heavy atom. The zero-order chi connectivity index (χ0) is 54.2. The fraction of sp³-hybridized carbons (Fsp3) is 0.592. The van der Waals surface area contributed by atoms with Crippen molar-refractivity contribution < 1.29 is 78.6 Å². The summed E-state index contributed by atoms with van der Waals surface area (Å²) in [7, 11) is 0. The van der Waals surface area contributed by atoms with Gasteiger partial charge in [-0.15, -0.1) is 0 Å². The van der Waals surface area contributed by atoms with Crippen molar-refractivity contribution in [3.05, 3.63) is 48.0 Å². The Bertz CT molecular complexity index is 2230. The highest BCUT2D eigenvalue weighted by atomic mass is 16.4. The summed E-state index contributed by atoms with van der Waals surface area (Å²) >= 11 is 0. The van der Waals surface area contributed by atoms with Gasteiger partial charge in [0.25, 0.3) is 0 Å². The van der Waals surface area contributed by atoms with Gasteiger partial charge in [0.2, 0.25) is 17.7 Å². The number of nitrogens with one attached hydrogen (secondary N) is 5. The Labute approximate surface area is 428 Å². The van der Waals surface area contributed by atoms with Crippen LogP contribution in [0.25, 0.3) is 10.8 Å². The quantitative estimate of drug-likeness (QED) is 0.0508. The van der Waals surface area contributed by atoms with Crippen molar-refractivity contribution in [3.8, 4) is 0 Å². The van der Waals surface area contributed by atoms with Crippen molar-refractivity contribution >= 4 is 70.3 Å². The van der Waals surface area contributed by atoms with Gasteiger partial charge in [-0.2, -0.15) is 0 Å². The molecule has 1 aliphatic carbocycles. The van der Waals surface area contributed by atoms with Gasteiger partial charge in [-0.25, -0.2) is 14.4 Å². The number of fused-ring (bicyclic) bond motifs is 1. The molecule has 1 aliphatic heterocycles. The summed E-state index contributed by atoms with van der Waals surface area (Å²) in [6.07, 6.45) is 1.91. The van der Waals surface area contributed by atoms with Crippen LogP contribution >= 0.6 is 0 Å². The Balaban J connectivity index is 1.30. The molecule has 0 aromatic heterocycles. The van der Waals surface area contributed by atoms with Crippen molar-refractivity contribution in [2.45, 2.75) is 82.3 Å². The minimum atomic E-state index is -1.55. The molecule has 0 bridgehead atoms. The van der Waals surface area contributed by atoms with Gasteiger partial charge in [0.15, 0.2) is 0 Å². The Morgan fingerprint density at radius 2 is 1.03 bits per heavy atom. The number of aliphatic carboxylic acids is 6. The van der Waals surface area contributed by atoms with Crippen LogP contribution in [0.4, 0.5) is 4.79 Å². The molecule has 2 aromatic carbocycles. The fourth-order valence-electron chi connectivity index (χ4n) is 8.98. The number of unbranched alkanes of at least 4 members (excludes halogenated alkanes) is 1. The summed E-state index contributed by atoms with van der Waals surface area (Å²) in [6.45, 7) is 1.73. The van der Waals surface area contributed by atoms with Crippen LogP contribution in [0.15, 0.2) is 42.5 Å². The van der Waals surface area contributed by atoms with Crippen LogP contribution in [-0.2, 0) is 49.6 Å². The molecule has 2 fully saturated rings. The average Bonchev–Trinajstić information content (AvgIpc) is 3.34. The first-order chi connectivity index (χ1) is 35.2. The van der Waals surface area contributed by atoms with Crippen molar-refractivity contribution in [1.29, 1.82) is 0 Å². The standard InChI is InChI=1S/C49H71N9O16/c59-40(28-55-17-19-56(29-42(62)63)21-23-58(31-44(66)67)24-22-57(20-18-55)30-43(64)65)51-27-32-8-12-35(13-9-32)45(68)52-39(26-33-10-11-34-5-1-2-6-36(34)25-33)46(69)50-16-4-3-7-37(47(70)71)53-49(74)54-38(48(72)73)14-15-41(60)61/h1-2,5-6,10-11,25,32,35,37-39H,3-4,7-9,12-24,26-31H2,(H,50,69)(H,51,59)(H,52,68)(H,60,61)(H,62,63)(H,64,65)(H,66,67)(H,70,71)(H,72,73)(H2,53,54,74)/t32-,35-,37-,38-,39?/m0/s1. The van der Waals surface area contributed by atoms with Crippen molar-refractivity contribution in [1.82, 2.24) is 46.2 Å². The molecular formula is C49H71N9O16. The van der Waals surface area contributed by atoms with E-state index >= 15 is 0 Å². The number of carbonyl (C=O) groups excluding carboxylic acids is 4. The molecular weight excluding hydrogens is 971 g/mol. The summed E-state index contributed by atoms with van der Waals surface area (Å²) in [5, 5.41) is 71.4. The maximum absolute atomic E-state index is 13.8. The first kappa shape index (κ1) is 59.6. The summed E-state index contributed by atoms with van der Waals surface area (Å²) in [5.74, 6) is -8.66. The minimum absolute atomic E-state index is 0.0283. The summed E-state index contributed by atoms with van der Waals surface area (Å²) in [4.78, 5) is 129. The van der Waals surface area contributed by atoms with E-state index in [-0.39, 0.29) is 115 Å². The molecule has 25 heteroatoms. The van der Waals surface area contributed by atoms with Crippen LogP contribution < -0.4 is 26.6 Å².